The summed E-state index contributed by atoms with van der Waals surface area (Å²) < 4.78 is 0. The van der Waals surface area contributed by atoms with Crippen LogP contribution in [-0.2, 0) is 0 Å². The number of likely N-dealkylation sites (tertiary alicyclic amines) is 1. The van der Waals surface area contributed by atoms with Gasteiger partial charge in [-0.05, 0) is 78.3 Å². The minimum absolute atomic E-state index is 0.804. The highest BCUT2D eigenvalue weighted by Gasteiger charge is 2.20. The molecule has 18 heavy (non-hydrogen) atoms. The summed E-state index contributed by atoms with van der Waals surface area (Å²) in [6, 6.07) is 0.804. The average Bonchev–Trinajstić information content (AvgIpc) is 2.38. The minimum atomic E-state index is 0.804. The Morgan fingerprint density at radius 1 is 1.11 bits per heavy atom. The maximum Gasteiger partial charge on any atom is 0.00792 e. The van der Waals surface area contributed by atoms with E-state index in [9.17, 15) is 0 Å². The van der Waals surface area contributed by atoms with E-state index in [4.69, 9.17) is 0 Å². The van der Waals surface area contributed by atoms with E-state index in [1.165, 1.54) is 71.2 Å². The van der Waals surface area contributed by atoms with Crippen LogP contribution in [0.25, 0.3) is 0 Å². The number of hydrogen-bond donors (Lipinski definition) is 1. The predicted octanol–water partition coefficient (Wildman–Crippen LogP) is 1.79. The third-order valence-corrected chi connectivity index (χ3v) is 4.54. The van der Waals surface area contributed by atoms with Crippen molar-refractivity contribution in [3.63, 3.8) is 0 Å². The van der Waals surface area contributed by atoms with Gasteiger partial charge in [-0.3, -0.25) is 0 Å². The van der Waals surface area contributed by atoms with Crippen molar-refractivity contribution in [2.24, 2.45) is 5.92 Å². The maximum absolute atomic E-state index is 3.66. The summed E-state index contributed by atoms with van der Waals surface area (Å²) in [5, 5.41) is 3.66. The Kier molecular flexibility index (Phi) is 5.93. The first-order valence-corrected chi connectivity index (χ1v) is 7.84. The second kappa shape index (κ2) is 7.46. The van der Waals surface area contributed by atoms with E-state index in [1.807, 2.05) is 0 Å². The monoisotopic (exact) mass is 253 g/mol. The van der Waals surface area contributed by atoms with Gasteiger partial charge in [0.05, 0.1) is 0 Å². The van der Waals surface area contributed by atoms with Gasteiger partial charge in [0.1, 0.15) is 0 Å². The molecule has 2 aliphatic rings. The first kappa shape index (κ1) is 14.3. The van der Waals surface area contributed by atoms with Gasteiger partial charge >= 0.3 is 0 Å². The van der Waals surface area contributed by atoms with Crippen LogP contribution in [0.4, 0.5) is 0 Å². The van der Waals surface area contributed by atoms with Crippen LogP contribution in [-0.4, -0.2) is 62.7 Å². The first-order valence-electron chi connectivity index (χ1n) is 7.84. The molecule has 3 heteroatoms. The van der Waals surface area contributed by atoms with Gasteiger partial charge < -0.3 is 15.1 Å². The van der Waals surface area contributed by atoms with Crippen molar-refractivity contribution >= 4 is 0 Å². The van der Waals surface area contributed by atoms with Gasteiger partial charge in [-0.25, -0.2) is 0 Å². The van der Waals surface area contributed by atoms with Crippen molar-refractivity contribution in [1.29, 1.82) is 0 Å². The molecule has 2 saturated heterocycles. The molecular weight excluding hydrogens is 222 g/mol. The van der Waals surface area contributed by atoms with E-state index in [-0.39, 0.29) is 0 Å². The molecule has 0 aromatic rings. The van der Waals surface area contributed by atoms with Gasteiger partial charge in [0.15, 0.2) is 0 Å². The van der Waals surface area contributed by atoms with Gasteiger partial charge in [-0.15, -0.1) is 0 Å². The van der Waals surface area contributed by atoms with Crippen molar-refractivity contribution in [1.82, 2.24) is 15.1 Å². The molecule has 0 aromatic carbocycles. The van der Waals surface area contributed by atoms with Crippen molar-refractivity contribution in [2.75, 3.05) is 46.8 Å². The van der Waals surface area contributed by atoms with Crippen LogP contribution in [0.5, 0.6) is 0 Å². The topological polar surface area (TPSA) is 18.5 Å². The molecule has 106 valence electrons. The van der Waals surface area contributed by atoms with Crippen LogP contribution in [0.2, 0.25) is 0 Å². The fourth-order valence-electron chi connectivity index (χ4n) is 3.42. The van der Waals surface area contributed by atoms with Gasteiger partial charge in [0.25, 0.3) is 0 Å². The fraction of sp³-hybridized carbons (Fsp3) is 1.00. The van der Waals surface area contributed by atoms with E-state index >= 15 is 0 Å². The second-order valence-corrected chi connectivity index (χ2v) is 6.48. The summed E-state index contributed by atoms with van der Waals surface area (Å²) >= 11 is 0. The van der Waals surface area contributed by atoms with Crippen molar-refractivity contribution < 1.29 is 0 Å². The Morgan fingerprint density at radius 3 is 2.50 bits per heavy atom. The molecule has 0 radical (unpaired) electrons. The molecule has 2 rings (SSSR count). The normalized spacial score (nSPS) is 27.8. The zero-order chi connectivity index (χ0) is 12.8. The van der Waals surface area contributed by atoms with Crippen LogP contribution >= 0.6 is 0 Å². The molecule has 0 spiro atoms. The molecule has 2 fully saturated rings. The molecule has 2 heterocycles. The van der Waals surface area contributed by atoms with Gasteiger partial charge in [-0.1, -0.05) is 6.42 Å². The van der Waals surface area contributed by atoms with Crippen molar-refractivity contribution in [2.45, 2.75) is 44.6 Å². The molecule has 0 aromatic heterocycles. The number of nitrogens with zero attached hydrogens (tertiary/aromatic N) is 2. The molecule has 1 unspecified atom stereocenters. The molecule has 1 N–H and O–H groups in total. The Bertz CT molecular complexity index is 216. The highest BCUT2D eigenvalue weighted by Crippen LogP contribution is 2.19. The van der Waals surface area contributed by atoms with Crippen LogP contribution < -0.4 is 5.32 Å². The summed E-state index contributed by atoms with van der Waals surface area (Å²) in [5.74, 6) is 0.934. The minimum Gasteiger partial charge on any atom is -0.314 e. The van der Waals surface area contributed by atoms with E-state index in [0.717, 1.165) is 12.0 Å². The molecule has 0 aliphatic carbocycles. The molecular formula is C15H31N3. The summed E-state index contributed by atoms with van der Waals surface area (Å²) in [4.78, 5) is 5.02. The molecule has 2 aliphatic heterocycles. The van der Waals surface area contributed by atoms with Gasteiger partial charge in [-0.2, -0.15) is 0 Å². The van der Waals surface area contributed by atoms with Crippen molar-refractivity contribution in [3.05, 3.63) is 0 Å². The smallest absolute Gasteiger partial charge is 0.00792 e. The SMILES string of the molecule is CN(C)CC1CCN(CCC2CCCCN2)CC1. The molecule has 0 saturated carbocycles. The van der Waals surface area contributed by atoms with E-state index in [2.05, 4.69) is 29.2 Å². The molecule has 0 amide bonds. The second-order valence-electron chi connectivity index (χ2n) is 6.48. The Labute approximate surface area is 113 Å². The largest absolute Gasteiger partial charge is 0.314 e. The Morgan fingerprint density at radius 2 is 1.89 bits per heavy atom. The Balaban J connectivity index is 1.58. The predicted molar refractivity (Wildman–Crippen MR) is 78.0 cm³/mol. The van der Waals surface area contributed by atoms with Gasteiger partial charge in [0.2, 0.25) is 0 Å². The zero-order valence-electron chi connectivity index (χ0n) is 12.3. The number of nitrogens with one attached hydrogen (secondary N) is 1. The lowest BCUT2D eigenvalue weighted by Gasteiger charge is -2.34. The zero-order valence-corrected chi connectivity index (χ0v) is 12.3. The lowest BCUT2D eigenvalue weighted by molar-refractivity contribution is 0.155. The third kappa shape index (κ3) is 4.87. The van der Waals surface area contributed by atoms with Crippen molar-refractivity contribution in [3.8, 4) is 0 Å². The summed E-state index contributed by atoms with van der Waals surface area (Å²) in [6.07, 6.45) is 8.37. The number of piperidine rings is 2. The van der Waals surface area contributed by atoms with Gasteiger partial charge in [0, 0.05) is 12.6 Å². The summed E-state index contributed by atoms with van der Waals surface area (Å²) in [7, 11) is 4.39. The average molecular weight is 253 g/mol. The summed E-state index contributed by atoms with van der Waals surface area (Å²) in [6.45, 7) is 6.48. The first-order chi connectivity index (χ1) is 8.74. The highest BCUT2D eigenvalue weighted by atomic mass is 15.1. The van der Waals surface area contributed by atoms with E-state index < -0.39 is 0 Å². The van der Waals surface area contributed by atoms with Crippen LogP contribution in [0.3, 0.4) is 0 Å². The number of hydrogen-bond acceptors (Lipinski definition) is 3. The molecule has 1 atom stereocenters. The van der Waals surface area contributed by atoms with E-state index in [0.29, 0.717) is 0 Å². The van der Waals surface area contributed by atoms with E-state index in [1.54, 1.807) is 0 Å². The summed E-state index contributed by atoms with van der Waals surface area (Å²) in [5.41, 5.74) is 0. The standard InChI is InChI=1S/C15H31N3/c1-17(2)13-14-6-10-18(11-7-14)12-8-15-5-3-4-9-16-15/h14-16H,3-13H2,1-2H3. The molecule has 0 bridgehead atoms. The van der Waals surface area contributed by atoms with Crippen LogP contribution in [0.15, 0.2) is 0 Å². The lowest BCUT2D eigenvalue weighted by Crippen LogP contribution is -2.41. The third-order valence-electron chi connectivity index (χ3n) is 4.54. The quantitative estimate of drug-likeness (QED) is 0.806. The Hall–Kier alpha value is -0.120. The highest BCUT2D eigenvalue weighted by molar-refractivity contribution is 4.77. The maximum atomic E-state index is 3.66. The fourth-order valence-corrected chi connectivity index (χ4v) is 3.42. The van der Waals surface area contributed by atoms with Crippen LogP contribution in [0, 0.1) is 5.92 Å². The van der Waals surface area contributed by atoms with Crippen LogP contribution in [0.1, 0.15) is 38.5 Å². The number of rotatable bonds is 5. The molecule has 3 nitrogen and oxygen atoms in total. The lowest BCUT2D eigenvalue weighted by atomic mass is 9.95.